The van der Waals surface area contributed by atoms with Crippen LogP contribution in [0.15, 0.2) is 60.7 Å². The molecule has 1 amide bonds. The summed E-state index contributed by atoms with van der Waals surface area (Å²) in [4.78, 5) is 27.8. The van der Waals surface area contributed by atoms with Gasteiger partial charge in [0.1, 0.15) is 5.82 Å². The van der Waals surface area contributed by atoms with Crippen LogP contribution in [0.1, 0.15) is 65.3 Å². The minimum absolute atomic E-state index is 0.0486. The van der Waals surface area contributed by atoms with Crippen LogP contribution < -0.4 is 15.8 Å². The minimum Gasteiger partial charge on any atom is -0.380 e. The summed E-state index contributed by atoms with van der Waals surface area (Å²) in [6, 6.07) is 17.7. The second-order valence-corrected chi connectivity index (χ2v) is 11.7. The predicted molar refractivity (Wildman–Crippen MR) is 172 cm³/mol. The van der Waals surface area contributed by atoms with Crippen LogP contribution in [-0.2, 0) is 0 Å². The van der Waals surface area contributed by atoms with Crippen LogP contribution in [0.3, 0.4) is 0 Å². The van der Waals surface area contributed by atoms with Crippen molar-refractivity contribution in [2.45, 2.75) is 46.0 Å². The summed E-state index contributed by atoms with van der Waals surface area (Å²) in [6.45, 7) is 9.90. The Morgan fingerprint density at radius 1 is 1.02 bits per heavy atom. The number of halogens is 1. The molecule has 6 heteroatoms. The Labute approximate surface area is 248 Å². The number of carbonyl (C=O) groups is 2. The molecular weight excluding hydrogens is 531 g/mol. The molecule has 0 aliphatic rings. The van der Waals surface area contributed by atoms with Gasteiger partial charge in [-0.05, 0) is 78.5 Å². The molecule has 0 spiro atoms. The minimum atomic E-state index is -0.260. The van der Waals surface area contributed by atoms with E-state index in [4.69, 9.17) is 0 Å². The normalized spacial score (nSPS) is 12.3. The lowest BCUT2D eigenvalue weighted by molar-refractivity contribution is 0.0952. The van der Waals surface area contributed by atoms with Crippen molar-refractivity contribution < 1.29 is 14.0 Å². The zero-order valence-corrected chi connectivity index (χ0v) is 25.7. The van der Waals surface area contributed by atoms with Gasteiger partial charge in [0.2, 0.25) is 0 Å². The number of nitrogens with zero attached hydrogens (tertiary/aromatic N) is 1. The molecule has 3 aromatic rings. The lowest BCUT2D eigenvalue weighted by atomic mass is 9.94. The highest BCUT2D eigenvalue weighted by Crippen LogP contribution is 2.22. The third-order valence-electron chi connectivity index (χ3n) is 7.43. The fourth-order valence-electron chi connectivity index (χ4n) is 5.17. The van der Waals surface area contributed by atoms with Gasteiger partial charge in [0, 0.05) is 54.9 Å². The van der Waals surface area contributed by atoms with E-state index in [1.165, 1.54) is 12.1 Å². The van der Waals surface area contributed by atoms with Gasteiger partial charge in [-0.15, -0.1) is 0 Å². The number of amides is 1. The van der Waals surface area contributed by atoms with Crippen molar-refractivity contribution in [2.75, 3.05) is 32.1 Å². The summed E-state index contributed by atoms with van der Waals surface area (Å²) in [5.41, 5.74) is 4.23. The summed E-state index contributed by atoms with van der Waals surface area (Å²) in [6.07, 6.45) is 8.63. The van der Waals surface area contributed by atoms with Gasteiger partial charge in [0.25, 0.3) is 5.91 Å². The highest BCUT2D eigenvalue weighted by atomic mass is 32.2. The number of thioether (sulfide) groups is 1. The molecule has 0 fully saturated rings. The number of Topliss-reactive ketones (excluding diaryl/α,β-unsaturated/α-hetero) is 1. The van der Waals surface area contributed by atoms with Crippen LogP contribution in [-0.4, -0.2) is 48.7 Å². The molecule has 1 atom stereocenters. The first-order valence-electron chi connectivity index (χ1n) is 14.4. The molecule has 1 unspecified atom stereocenters. The molecule has 3 rings (SSSR count). The SMILES string of the molecule is C=c1ccc(C(=O)NCCSC)c(C)/c1=C/N(C)CC(CCC)CCCC(=O)c1ccc(-c2ccc(F)cc2)cc1. The van der Waals surface area contributed by atoms with E-state index in [9.17, 15) is 14.0 Å². The molecule has 41 heavy (non-hydrogen) atoms. The monoisotopic (exact) mass is 574 g/mol. The maximum absolute atomic E-state index is 13.2. The van der Waals surface area contributed by atoms with Crippen molar-refractivity contribution in [1.82, 2.24) is 10.2 Å². The number of benzene rings is 3. The molecule has 0 aromatic heterocycles. The molecule has 0 bridgehead atoms. The highest BCUT2D eigenvalue weighted by molar-refractivity contribution is 7.98. The Kier molecular flexibility index (Phi) is 12.7. The largest absolute Gasteiger partial charge is 0.380 e. The van der Waals surface area contributed by atoms with Gasteiger partial charge in [-0.1, -0.05) is 62.4 Å². The van der Waals surface area contributed by atoms with E-state index in [2.05, 4.69) is 37.0 Å². The molecular formula is C35H43FN2O2S. The number of nitrogens with one attached hydrogen (secondary N) is 1. The number of rotatable bonds is 15. The van der Waals surface area contributed by atoms with Crippen LogP contribution in [0.2, 0.25) is 0 Å². The Morgan fingerprint density at radius 2 is 1.68 bits per heavy atom. The van der Waals surface area contributed by atoms with Crippen molar-refractivity contribution in [3.05, 3.63) is 93.6 Å². The zero-order chi connectivity index (χ0) is 29.8. The Bertz CT molecular complexity index is 1400. The second kappa shape index (κ2) is 16.2. The first-order chi connectivity index (χ1) is 19.7. The van der Waals surface area contributed by atoms with E-state index in [0.29, 0.717) is 30.0 Å². The van der Waals surface area contributed by atoms with E-state index in [0.717, 1.165) is 65.1 Å². The predicted octanol–water partition coefficient (Wildman–Crippen LogP) is 6.44. The second-order valence-electron chi connectivity index (χ2n) is 10.7. The third kappa shape index (κ3) is 9.60. The lowest BCUT2D eigenvalue weighted by Gasteiger charge is -2.23. The highest BCUT2D eigenvalue weighted by Gasteiger charge is 2.14. The zero-order valence-electron chi connectivity index (χ0n) is 24.8. The van der Waals surface area contributed by atoms with E-state index >= 15 is 0 Å². The summed E-state index contributed by atoms with van der Waals surface area (Å²) in [5, 5.41) is 4.88. The van der Waals surface area contributed by atoms with Crippen molar-refractivity contribution in [2.24, 2.45) is 5.92 Å². The average Bonchev–Trinajstić information content (AvgIpc) is 2.96. The number of carbonyl (C=O) groups excluding carboxylic acids is 2. The standard InChI is InChI=1S/C35H43FN2O2S/c1-6-8-27(9-7-10-34(39)30-14-12-28(13-15-30)29-16-18-31(36)19-17-29)23-38(4)24-33-25(2)11-20-32(26(33)3)35(40)37-21-22-41-5/h11-20,24,27H,2,6-10,21-23H2,1,3-5H3,(H,37,40)/b33-24+. The quantitative estimate of drug-likeness (QED) is 0.168. The Morgan fingerprint density at radius 3 is 2.32 bits per heavy atom. The smallest absolute Gasteiger partial charge is 0.251 e. The Balaban J connectivity index is 1.59. The fourth-order valence-corrected chi connectivity index (χ4v) is 5.48. The number of hydrogen-bond donors (Lipinski definition) is 1. The van der Waals surface area contributed by atoms with E-state index in [1.54, 1.807) is 23.9 Å². The topological polar surface area (TPSA) is 49.4 Å². The van der Waals surface area contributed by atoms with Crippen molar-refractivity contribution >= 4 is 36.2 Å². The molecule has 0 saturated heterocycles. The molecule has 0 aliphatic carbocycles. The summed E-state index contributed by atoms with van der Waals surface area (Å²) in [5.74, 6) is 1.18. The third-order valence-corrected chi connectivity index (χ3v) is 8.05. The van der Waals surface area contributed by atoms with Gasteiger partial charge in [0.05, 0.1) is 0 Å². The molecule has 0 saturated carbocycles. The van der Waals surface area contributed by atoms with Crippen molar-refractivity contribution in [3.63, 3.8) is 0 Å². The molecule has 218 valence electrons. The lowest BCUT2D eigenvalue weighted by Crippen LogP contribution is -2.35. The van der Waals surface area contributed by atoms with Crippen molar-refractivity contribution in [1.29, 1.82) is 0 Å². The molecule has 3 aromatic carbocycles. The van der Waals surface area contributed by atoms with Gasteiger partial charge in [-0.25, -0.2) is 4.39 Å². The van der Waals surface area contributed by atoms with Crippen LogP contribution >= 0.6 is 11.8 Å². The first kappa shape index (κ1) is 32.1. The van der Waals surface area contributed by atoms with E-state index in [1.807, 2.05) is 49.6 Å². The van der Waals surface area contributed by atoms with Crippen LogP contribution in [0.4, 0.5) is 4.39 Å². The van der Waals surface area contributed by atoms with Gasteiger partial charge < -0.3 is 10.2 Å². The van der Waals surface area contributed by atoms with Gasteiger partial charge >= 0.3 is 0 Å². The molecule has 4 nitrogen and oxygen atoms in total. The number of hydrogen-bond acceptors (Lipinski definition) is 4. The van der Waals surface area contributed by atoms with Crippen LogP contribution in [0, 0.1) is 18.7 Å². The maximum atomic E-state index is 13.2. The average molecular weight is 575 g/mol. The fraction of sp³-hybridized carbons (Fsp3) is 0.371. The van der Waals surface area contributed by atoms with Crippen molar-refractivity contribution in [3.8, 4) is 11.1 Å². The van der Waals surface area contributed by atoms with Crippen LogP contribution in [0.5, 0.6) is 0 Å². The number of ketones is 1. The summed E-state index contributed by atoms with van der Waals surface area (Å²) in [7, 11) is 2.07. The molecule has 0 radical (unpaired) electrons. The van der Waals surface area contributed by atoms with Gasteiger partial charge in [-0.2, -0.15) is 11.8 Å². The first-order valence-corrected chi connectivity index (χ1v) is 15.8. The summed E-state index contributed by atoms with van der Waals surface area (Å²) >= 11 is 1.71. The van der Waals surface area contributed by atoms with Gasteiger partial charge in [0.15, 0.2) is 5.78 Å². The van der Waals surface area contributed by atoms with E-state index < -0.39 is 0 Å². The Hall–Kier alpha value is -3.38. The summed E-state index contributed by atoms with van der Waals surface area (Å²) < 4.78 is 13.2. The molecule has 0 heterocycles. The van der Waals surface area contributed by atoms with Crippen LogP contribution in [0.25, 0.3) is 23.9 Å². The van der Waals surface area contributed by atoms with E-state index in [-0.39, 0.29) is 17.5 Å². The maximum Gasteiger partial charge on any atom is 0.251 e. The van der Waals surface area contributed by atoms with Gasteiger partial charge in [-0.3, -0.25) is 9.59 Å². The molecule has 0 aliphatic heterocycles. The molecule has 1 N–H and O–H groups in total.